The molecule has 105 heavy (non-hydrogen) atoms. The zero-order valence-electron chi connectivity index (χ0n) is 60.7. The number of carbonyl (C=O) groups excluding carboxylic acids is 7. The minimum atomic E-state index is -0.744. The lowest BCUT2D eigenvalue weighted by Gasteiger charge is -2.29. The van der Waals surface area contributed by atoms with Crippen molar-refractivity contribution < 1.29 is 66.4 Å². The Bertz CT molecular complexity index is 4340. The number of pyridine rings is 2. The highest BCUT2D eigenvalue weighted by molar-refractivity contribution is 6.29. The quantitative estimate of drug-likeness (QED) is 0.0195. The van der Waals surface area contributed by atoms with Crippen LogP contribution in [0.15, 0.2) is 225 Å². The molecular weight excluding hydrogens is 1310 g/mol. The van der Waals surface area contributed by atoms with E-state index in [0.717, 1.165) is 34.1 Å². The SMILES string of the molecule is CCCCC1CCC(c2ccc(C(=O)OC(COc3ccc(NC(=O)c4ccc5c(c4)C(=O)c4ccccc4C5=O)cc3)c3ccccc3)cc2)CC1.CCCCCCCCC1CCC(c2ccc(C(=O)OC(COC(=O)C[n+]3ccc(-c4cc[n+](CC(=O)OC)cc4)cc3)c3ccccc3)cc2)CC1. The van der Waals surface area contributed by atoms with E-state index >= 15 is 0 Å². The van der Waals surface area contributed by atoms with Gasteiger partial charge < -0.3 is 29.0 Å². The Kier molecular flexibility index (Phi) is 27.5. The van der Waals surface area contributed by atoms with Crippen LogP contribution in [0, 0.1) is 11.8 Å². The first-order valence-electron chi connectivity index (χ1n) is 37.6. The van der Waals surface area contributed by atoms with E-state index in [1.165, 1.54) is 146 Å². The Labute approximate surface area is 617 Å². The number of nitrogens with zero attached hydrogens (tertiary/aromatic N) is 2. The van der Waals surface area contributed by atoms with Crippen molar-refractivity contribution in [1.29, 1.82) is 0 Å². The van der Waals surface area contributed by atoms with E-state index in [-0.39, 0.29) is 60.5 Å². The lowest BCUT2D eigenvalue weighted by molar-refractivity contribution is -0.686. The smallest absolute Gasteiger partial charge is 0.372 e. The maximum atomic E-state index is 13.3. The molecule has 9 aromatic rings. The Balaban J connectivity index is 0.000000210. The fourth-order valence-corrected chi connectivity index (χ4v) is 14.5. The van der Waals surface area contributed by atoms with Crippen LogP contribution in [-0.4, -0.2) is 61.7 Å². The number of carbonyl (C=O) groups is 7. The van der Waals surface area contributed by atoms with Gasteiger partial charge in [0.25, 0.3) is 5.91 Å². The molecule has 15 nitrogen and oxygen atoms in total. The number of nitrogens with one attached hydrogen (secondary N) is 1. The van der Waals surface area contributed by atoms with Gasteiger partial charge in [-0.05, 0) is 175 Å². The molecule has 15 heteroatoms. The minimum absolute atomic E-state index is 0.00603. The van der Waals surface area contributed by atoms with Gasteiger partial charge in [0.1, 0.15) is 19.0 Å². The van der Waals surface area contributed by atoms with Crippen LogP contribution >= 0.6 is 0 Å². The van der Waals surface area contributed by atoms with Gasteiger partial charge in [0, 0.05) is 57.8 Å². The van der Waals surface area contributed by atoms with E-state index in [2.05, 4.69) is 43.4 Å². The third kappa shape index (κ3) is 21.3. The van der Waals surface area contributed by atoms with Crippen LogP contribution in [0.3, 0.4) is 0 Å². The third-order valence-electron chi connectivity index (χ3n) is 20.8. The molecular formula is C90H97N3O12+2. The summed E-state index contributed by atoms with van der Waals surface area (Å²) in [5, 5.41) is 2.85. The molecule has 2 heterocycles. The van der Waals surface area contributed by atoms with Gasteiger partial charge in [-0.3, -0.25) is 14.4 Å². The number of amides is 1. The van der Waals surface area contributed by atoms with Crippen LogP contribution in [0.25, 0.3) is 11.1 Å². The van der Waals surface area contributed by atoms with Crippen molar-refractivity contribution >= 4 is 47.0 Å². The number of anilines is 1. The Hall–Kier alpha value is -10.7. The molecule has 2 fully saturated rings. The van der Waals surface area contributed by atoms with Crippen LogP contribution in [0.5, 0.6) is 5.75 Å². The summed E-state index contributed by atoms with van der Waals surface area (Å²) in [6.45, 7) is 4.67. The molecule has 2 saturated carbocycles. The zero-order valence-corrected chi connectivity index (χ0v) is 60.7. The lowest BCUT2D eigenvalue weighted by Crippen LogP contribution is -2.38. The van der Waals surface area contributed by atoms with Gasteiger partial charge in [-0.15, -0.1) is 0 Å². The van der Waals surface area contributed by atoms with Crippen LogP contribution in [0.4, 0.5) is 5.69 Å². The largest absolute Gasteiger partial charge is 0.489 e. The number of unbranched alkanes of at least 4 members (excludes halogenated alkanes) is 6. The van der Waals surface area contributed by atoms with Crippen molar-refractivity contribution in [2.24, 2.45) is 11.8 Å². The molecule has 542 valence electrons. The minimum Gasteiger partial charge on any atom is -0.489 e. The normalized spacial score (nSPS) is 16.5. The topological polar surface area (TPSA) is 185 Å². The van der Waals surface area contributed by atoms with Gasteiger partial charge in [-0.1, -0.05) is 187 Å². The molecule has 2 atom stereocenters. The van der Waals surface area contributed by atoms with Gasteiger partial charge in [-0.2, -0.15) is 9.13 Å². The zero-order chi connectivity index (χ0) is 73.3. The average Bonchev–Trinajstić information content (AvgIpc) is 0.758. The number of hydrogen-bond donors (Lipinski definition) is 1. The van der Waals surface area contributed by atoms with E-state index in [4.69, 9.17) is 23.7 Å². The highest BCUT2D eigenvalue weighted by Crippen LogP contribution is 2.40. The second-order valence-electron chi connectivity index (χ2n) is 28.0. The van der Waals surface area contributed by atoms with Gasteiger partial charge in [0.2, 0.25) is 13.1 Å². The van der Waals surface area contributed by atoms with Crippen molar-refractivity contribution in [3.8, 4) is 16.9 Å². The van der Waals surface area contributed by atoms with Gasteiger partial charge in [0.05, 0.1) is 18.2 Å². The highest BCUT2D eigenvalue weighted by Gasteiger charge is 2.31. The Morgan fingerprint density at radius 2 is 0.876 bits per heavy atom. The van der Waals surface area contributed by atoms with E-state index in [9.17, 15) is 33.6 Å². The van der Waals surface area contributed by atoms with E-state index < -0.39 is 36.0 Å². The summed E-state index contributed by atoms with van der Waals surface area (Å²) in [4.78, 5) is 90.3. The second kappa shape index (κ2) is 38.2. The molecule has 2 unspecified atom stereocenters. The predicted molar refractivity (Wildman–Crippen MR) is 404 cm³/mol. The Morgan fingerprint density at radius 3 is 1.38 bits per heavy atom. The summed E-state index contributed by atoms with van der Waals surface area (Å²) in [6, 6.07) is 60.4. The van der Waals surface area contributed by atoms with Crippen molar-refractivity contribution in [3.05, 3.63) is 286 Å². The van der Waals surface area contributed by atoms with Crippen LogP contribution in [-0.2, 0) is 41.6 Å². The van der Waals surface area contributed by atoms with Crippen molar-refractivity contribution in [3.63, 3.8) is 0 Å². The fourth-order valence-electron chi connectivity index (χ4n) is 14.5. The first-order chi connectivity index (χ1) is 51.3. The number of rotatable bonds is 30. The fraction of sp³-hybridized carbons (Fsp3) is 0.344. The number of benzene rings is 7. The number of hydrogen-bond acceptors (Lipinski definition) is 12. The molecule has 3 aliphatic rings. The van der Waals surface area contributed by atoms with Crippen LogP contribution in [0.2, 0.25) is 0 Å². The van der Waals surface area contributed by atoms with Gasteiger partial charge >= 0.3 is 23.9 Å². The Morgan fingerprint density at radius 1 is 0.438 bits per heavy atom. The molecule has 7 aromatic carbocycles. The van der Waals surface area contributed by atoms with Crippen LogP contribution < -0.4 is 19.2 Å². The molecule has 0 bridgehead atoms. The summed E-state index contributed by atoms with van der Waals surface area (Å²) in [5.41, 5.74) is 9.06. The molecule has 1 amide bonds. The average molecular weight is 1410 g/mol. The van der Waals surface area contributed by atoms with Gasteiger partial charge in [-0.25, -0.2) is 19.2 Å². The first-order valence-corrected chi connectivity index (χ1v) is 37.6. The molecule has 1 N–H and O–H groups in total. The monoisotopic (exact) mass is 1410 g/mol. The summed E-state index contributed by atoms with van der Waals surface area (Å²) in [6.07, 6.45) is 29.3. The highest BCUT2D eigenvalue weighted by atomic mass is 16.6. The summed E-state index contributed by atoms with van der Waals surface area (Å²) < 4.78 is 31.9. The molecule has 12 rings (SSSR count). The van der Waals surface area contributed by atoms with Crippen molar-refractivity contribution in [1.82, 2.24) is 0 Å². The molecule has 0 saturated heterocycles. The van der Waals surface area contributed by atoms with E-state index in [1.54, 1.807) is 63.7 Å². The number of aromatic nitrogens is 2. The van der Waals surface area contributed by atoms with E-state index in [0.29, 0.717) is 45.5 Å². The molecule has 0 aliphatic heterocycles. The summed E-state index contributed by atoms with van der Waals surface area (Å²) >= 11 is 0. The second-order valence-corrected chi connectivity index (χ2v) is 28.0. The maximum absolute atomic E-state index is 13.3. The number of fused-ring (bicyclic) bond motifs is 2. The molecule has 0 radical (unpaired) electrons. The van der Waals surface area contributed by atoms with Crippen LogP contribution in [0.1, 0.15) is 239 Å². The standard InChI is InChI=1S/C46H43NO6.C44H54N2O6/c1-2-3-9-30-14-16-31(17-15-30)32-18-20-34(21-19-32)46(51)53-42(33-10-5-4-6-11-33)29-52-37-25-23-36(24-26-37)47-45(50)35-22-27-40-41(28-35)44(49)39-13-8-7-12-38(39)43(40)48;1-3-4-5-6-7-9-12-34-15-17-35(18-16-34)36-19-21-40(22-20-36)44(49)52-41(39-13-10-8-11-14-39)33-51-43(48)32-46-29-25-38(26-30-46)37-23-27-45(28-24-37)31-42(47)50-2/h4-8,10-13,18-28,30-31,42H,2-3,9,14-17,29H2,1H3,(H,47,50);8,10-11,13-14,19-30,34-35,41H,3-7,9,12,15-18,31-33H2,1-2H3/q;+2. The third-order valence-corrected chi connectivity index (χ3v) is 20.8. The number of methoxy groups -OCH3 is 1. The predicted octanol–water partition coefficient (Wildman–Crippen LogP) is 18.4. The summed E-state index contributed by atoms with van der Waals surface area (Å²) in [5.74, 6) is 0.785. The number of ketones is 2. The number of esters is 4. The molecule has 2 aromatic heterocycles. The maximum Gasteiger partial charge on any atom is 0.372 e. The van der Waals surface area contributed by atoms with Crippen molar-refractivity contribution in [2.45, 2.75) is 167 Å². The lowest BCUT2D eigenvalue weighted by atomic mass is 9.77. The van der Waals surface area contributed by atoms with Gasteiger partial charge in [0.15, 0.2) is 48.6 Å². The molecule has 3 aliphatic carbocycles. The molecule has 0 spiro atoms. The summed E-state index contributed by atoms with van der Waals surface area (Å²) in [7, 11) is 1.37. The first kappa shape index (κ1) is 75.5. The van der Waals surface area contributed by atoms with Crippen molar-refractivity contribution in [2.75, 3.05) is 25.6 Å². The number of ether oxygens (including phenoxy) is 5. The van der Waals surface area contributed by atoms with E-state index in [1.807, 2.05) is 134 Å².